The predicted octanol–water partition coefficient (Wildman–Crippen LogP) is 2.35. The van der Waals surface area contributed by atoms with E-state index in [1.807, 2.05) is 18.2 Å². The molecular weight excluding hydrogens is 288 g/mol. The molecule has 0 bridgehead atoms. The Balaban J connectivity index is 1.70. The quantitative estimate of drug-likeness (QED) is 0.911. The second-order valence-electron chi connectivity index (χ2n) is 5.58. The lowest BCUT2D eigenvalue weighted by Crippen LogP contribution is -2.40. The fraction of sp³-hybridized carbons (Fsp3) is 0.467. The van der Waals surface area contributed by atoms with Gasteiger partial charge in [0.1, 0.15) is 5.82 Å². The molecule has 2 N–H and O–H groups in total. The molecule has 5 nitrogen and oxygen atoms in total. The van der Waals surface area contributed by atoms with Crippen molar-refractivity contribution in [3.05, 3.63) is 51.2 Å². The molecule has 0 radical (unpaired) electrons. The van der Waals surface area contributed by atoms with Gasteiger partial charge in [-0.25, -0.2) is 9.89 Å². The van der Waals surface area contributed by atoms with Crippen molar-refractivity contribution in [3.63, 3.8) is 0 Å². The van der Waals surface area contributed by atoms with E-state index in [4.69, 9.17) is 11.6 Å². The van der Waals surface area contributed by atoms with Gasteiger partial charge in [-0.15, -0.1) is 0 Å². The molecule has 0 spiro atoms. The fourth-order valence-corrected chi connectivity index (χ4v) is 3.22. The molecule has 21 heavy (non-hydrogen) atoms. The Morgan fingerprint density at radius 1 is 1.38 bits per heavy atom. The lowest BCUT2D eigenvalue weighted by atomic mass is 9.95. The van der Waals surface area contributed by atoms with Crippen LogP contribution in [0.15, 0.2) is 29.1 Å². The van der Waals surface area contributed by atoms with Crippen LogP contribution in [0.5, 0.6) is 0 Å². The van der Waals surface area contributed by atoms with Crippen LogP contribution in [0, 0.1) is 0 Å². The third-order valence-electron chi connectivity index (χ3n) is 4.01. The summed E-state index contributed by atoms with van der Waals surface area (Å²) in [7, 11) is 0. The first-order chi connectivity index (χ1) is 10.2. The van der Waals surface area contributed by atoms with Crippen LogP contribution in [0.2, 0.25) is 5.02 Å². The third kappa shape index (κ3) is 3.74. The summed E-state index contributed by atoms with van der Waals surface area (Å²) in [5.41, 5.74) is 1.02. The minimum absolute atomic E-state index is 0.242. The molecule has 1 aromatic heterocycles. The largest absolute Gasteiger partial charge is 0.340 e. The van der Waals surface area contributed by atoms with Crippen molar-refractivity contribution < 1.29 is 0 Å². The molecule has 1 aliphatic rings. The van der Waals surface area contributed by atoms with Crippen LogP contribution >= 0.6 is 11.6 Å². The second-order valence-corrected chi connectivity index (χ2v) is 6.01. The standard InChI is InChI=1S/C15H19ClN4O/c16-12-5-3-4-11(8-12)9-13-6-1-2-7-20(13)10-14-17-15(21)19-18-14/h3-5,8,13H,1-2,6-7,9-10H2,(H2,17,18,19,21)/t13-/m1/s1. The Kier molecular flexibility index (Phi) is 4.41. The van der Waals surface area contributed by atoms with Crippen molar-refractivity contribution in [1.82, 2.24) is 20.1 Å². The van der Waals surface area contributed by atoms with Crippen molar-refractivity contribution in [3.8, 4) is 0 Å². The van der Waals surface area contributed by atoms with Gasteiger partial charge >= 0.3 is 5.69 Å². The summed E-state index contributed by atoms with van der Waals surface area (Å²) in [5.74, 6) is 0.706. The van der Waals surface area contributed by atoms with Gasteiger partial charge in [0.25, 0.3) is 0 Å². The molecule has 2 aromatic rings. The summed E-state index contributed by atoms with van der Waals surface area (Å²) in [5, 5.41) is 7.22. The number of halogens is 1. The number of aromatic nitrogens is 3. The van der Waals surface area contributed by atoms with Gasteiger partial charge in [0.15, 0.2) is 0 Å². The molecule has 2 heterocycles. The fourth-order valence-electron chi connectivity index (χ4n) is 3.01. The highest BCUT2D eigenvalue weighted by molar-refractivity contribution is 6.30. The average molecular weight is 307 g/mol. The second kappa shape index (κ2) is 6.45. The van der Waals surface area contributed by atoms with Gasteiger partial charge in [-0.05, 0) is 43.5 Å². The summed E-state index contributed by atoms with van der Waals surface area (Å²) in [6.07, 6.45) is 4.59. The Bertz CT molecular complexity index is 651. The number of nitrogens with one attached hydrogen (secondary N) is 2. The maximum atomic E-state index is 11.1. The molecule has 0 amide bonds. The van der Waals surface area contributed by atoms with Crippen molar-refractivity contribution in [2.24, 2.45) is 0 Å². The van der Waals surface area contributed by atoms with Gasteiger partial charge in [-0.1, -0.05) is 30.2 Å². The summed E-state index contributed by atoms with van der Waals surface area (Å²) in [4.78, 5) is 16.3. The molecule has 1 fully saturated rings. The lowest BCUT2D eigenvalue weighted by molar-refractivity contribution is 0.136. The first-order valence-corrected chi connectivity index (χ1v) is 7.70. The highest BCUT2D eigenvalue weighted by Gasteiger charge is 2.23. The topological polar surface area (TPSA) is 64.8 Å². The van der Waals surface area contributed by atoms with E-state index >= 15 is 0 Å². The Labute approximate surface area is 128 Å². The molecule has 1 aromatic carbocycles. The van der Waals surface area contributed by atoms with E-state index in [1.165, 1.54) is 24.8 Å². The average Bonchev–Trinajstić information content (AvgIpc) is 2.86. The maximum absolute atomic E-state index is 11.1. The molecule has 0 saturated carbocycles. The Morgan fingerprint density at radius 3 is 3.05 bits per heavy atom. The molecule has 0 unspecified atom stereocenters. The van der Waals surface area contributed by atoms with Gasteiger partial charge in [-0.3, -0.25) is 9.88 Å². The van der Waals surface area contributed by atoms with Crippen LogP contribution in [0.1, 0.15) is 30.7 Å². The predicted molar refractivity (Wildman–Crippen MR) is 82.4 cm³/mol. The summed E-state index contributed by atoms with van der Waals surface area (Å²) in [6.45, 7) is 1.73. The van der Waals surface area contributed by atoms with Crippen molar-refractivity contribution in [1.29, 1.82) is 0 Å². The highest BCUT2D eigenvalue weighted by atomic mass is 35.5. The van der Waals surface area contributed by atoms with Gasteiger partial charge in [0.2, 0.25) is 0 Å². The number of benzene rings is 1. The van der Waals surface area contributed by atoms with Gasteiger partial charge in [-0.2, -0.15) is 5.10 Å². The minimum atomic E-state index is -0.242. The molecule has 0 aliphatic carbocycles. The van der Waals surface area contributed by atoms with Crippen molar-refractivity contribution in [2.75, 3.05) is 6.54 Å². The SMILES string of the molecule is O=c1[nH]nc(CN2CCCC[C@@H]2Cc2cccc(Cl)c2)[nH]1. The van der Waals surface area contributed by atoms with E-state index in [-0.39, 0.29) is 5.69 Å². The van der Waals surface area contributed by atoms with Crippen LogP contribution in [-0.4, -0.2) is 32.7 Å². The highest BCUT2D eigenvalue weighted by Crippen LogP contribution is 2.23. The monoisotopic (exact) mass is 306 g/mol. The van der Waals surface area contributed by atoms with E-state index in [0.29, 0.717) is 18.4 Å². The van der Waals surface area contributed by atoms with Crippen molar-refractivity contribution >= 4 is 11.6 Å². The van der Waals surface area contributed by atoms with Gasteiger partial charge in [0, 0.05) is 11.1 Å². The van der Waals surface area contributed by atoms with E-state index in [9.17, 15) is 4.79 Å². The van der Waals surface area contributed by atoms with Crippen LogP contribution in [0.25, 0.3) is 0 Å². The minimum Gasteiger partial charge on any atom is -0.293 e. The summed E-state index contributed by atoms with van der Waals surface area (Å²) in [6, 6.07) is 8.52. The first kappa shape index (κ1) is 14.4. The molecule has 6 heteroatoms. The zero-order chi connectivity index (χ0) is 14.7. The molecule has 1 atom stereocenters. The van der Waals surface area contributed by atoms with Crippen LogP contribution < -0.4 is 5.69 Å². The number of likely N-dealkylation sites (tertiary alicyclic amines) is 1. The Hall–Kier alpha value is -1.59. The normalized spacial score (nSPS) is 19.8. The van der Waals surface area contributed by atoms with E-state index in [0.717, 1.165) is 18.0 Å². The first-order valence-electron chi connectivity index (χ1n) is 7.33. The lowest BCUT2D eigenvalue weighted by Gasteiger charge is -2.35. The van der Waals surface area contributed by atoms with Gasteiger partial charge in [0.05, 0.1) is 6.54 Å². The maximum Gasteiger partial charge on any atom is 0.340 e. The number of nitrogens with zero attached hydrogens (tertiary/aromatic N) is 2. The zero-order valence-corrected chi connectivity index (χ0v) is 12.6. The van der Waals surface area contributed by atoms with E-state index < -0.39 is 0 Å². The summed E-state index contributed by atoms with van der Waals surface area (Å²) < 4.78 is 0. The van der Waals surface area contributed by atoms with Crippen molar-refractivity contribution in [2.45, 2.75) is 38.3 Å². The summed E-state index contributed by atoms with van der Waals surface area (Å²) >= 11 is 6.06. The molecule has 1 saturated heterocycles. The van der Waals surface area contributed by atoms with Gasteiger partial charge < -0.3 is 0 Å². The number of aromatic amines is 2. The molecule has 3 rings (SSSR count). The number of hydrogen-bond donors (Lipinski definition) is 2. The number of piperidine rings is 1. The molecular formula is C15H19ClN4O. The van der Waals surface area contributed by atoms with Crippen LogP contribution in [-0.2, 0) is 13.0 Å². The molecule has 112 valence electrons. The van der Waals surface area contributed by atoms with Crippen LogP contribution in [0.4, 0.5) is 0 Å². The van der Waals surface area contributed by atoms with Crippen LogP contribution in [0.3, 0.4) is 0 Å². The van der Waals surface area contributed by atoms with E-state index in [2.05, 4.69) is 26.1 Å². The third-order valence-corrected chi connectivity index (χ3v) is 4.25. The smallest absolute Gasteiger partial charge is 0.293 e. The zero-order valence-electron chi connectivity index (χ0n) is 11.8. The van der Waals surface area contributed by atoms with E-state index in [1.54, 1.807) is 0 Å². The molecule has 1 aliphatic heterocycles. The number of rotatable bonds is 4. The number of H-pyrrole nitrogens is 2. The Morgan fingerprint density at radius 2 is 2.29 bits per heavy atom. The number of hydrogen-bond acceptors (Lipinski definition) is 3.